The van der Waals surface area contributed by atoms with Crippen LogP contribution < -0.4 is 8.92 Å². The number of benzene rings is 2. The fourth-order valence-corrected chi connectivity index (χ4v) is 4.64. The summed E-state index contributed by atoms with van der Waals surface area (Å²) in [6.45, 7) is 3.98. The Bertz CT molecular complexity index is 1090. The summed E-state index contributed by atoms with van der Waals surface area (Å²) in [4.78, 5) is 14.1. The maximum Gasteiger partial charge on any atom is 0.339 e. The highest BCUT2D eigenvalue weighted by Crippen LogP contribution is 2.35. The second kappa shape index (κ2) is 8.56. The van der Waals surface area contributed by atoms with E-state index < -0.39 is 10.1 Å². The molecule has 0 saturated carbocycles. The minimum absolute atomic E-state index is 0.0567. The first-order chi connectivity index (χ1) is 13.7. The standard InChI is InChI=1S/C20H19NO5S3/c1-4-25-17-11-14(12-18-19(22)21(3)20(27)28-18)7-10-16(17)26-29(23,24)15-8-5-13(2)6-9-15/h5-12H,4H2,1-3H3/b18-12-. The van der Waals surface area contributed by atoms with Crippen molar-refractivity contribution in [3.05, 3.63) is 58.5 Å². The smallest absolute Gasteiger partial charge is 0.339 e. The van der Waals surface area contributed by atoms with Gasteiger partial charge in [-0.1, -0.05) is 47.7 Å². The number of amides is 1. The third-order valence-corrected chi connectivity index (χ3v) is 6.79. The van der Waals surface area contributed by atoms with E-state index >= 15 is 0 Å². The summed E-state index contributed by atoms with van der Waals surface area (Å²) >= 11 is 6.34. The quantitative estimate of drug-likeness (QED) is 0.375. The zero-order valence-corrected chi connectivity index (χ0v) is 18.5. The van der Waals surface area contributed by atoms with Crippen LogP contribution in [0.1, 0.15) is 18.1 Å². The number of aryl methyl sites for hydroxylation is 1. The van der Waals surface area contributed by atoms with Gasteiger partial charge in [0.2, 0.25) is 0 Å². The molecule has 6 nitrogen and oxygen atoms in total. The van der Waals surface area contributed by atoms with Crippen LogP contribution in [-0.4, -0.2) is 37.2 Å². The van der Waals surface area contributed by atoms with Gasteiger partial charge in [-0.2, -0.15) is 8.42 Å². The van der Waals surface area contributed by atoms with Crippen LogP contribution in [0.15, 0.2) is 52.3 Å². The Balaban J connectivity index is 1.91. The second-order valence-corrected chi connectivity index (χ2v) is 9.45. The van der Waals surface area contributed by atoms with E-state index in [0.29, 0.717) is 21.4 Å². The molecule has 2 aromatic carbocycles. The first-order valence-corrected chi connectivity index (χ1v) is 11.3. The van der Waals surface area contributed by atoms with E-state index in [1.54, 1.807) is 44.3 Å². The molecule has 1 amide bonds. The molecule has 1 fully saturated rings. The average molecular weight is 450 g/mol. The van der Waals surface area contributed by atoms with Crippen molar-refractivity contribution in [2.75, 3.05) is 13.7 Å². The third kappa shape index (κ3) is 4.80. The maximum absolute atomic E-state index is 12.6. The molecule has 1 heterocycles. The predicted octanol–water partition coefficient (Wildman–Crippen LogP) is 3.99. The van der Waals surface area contributed by atoms with Crippen molar-refractivity contribution >= 4 is 50.4 Å². The molecule has 0 atom stereocenters. The molecule has 0 aliphatic carbocycles. The summed E-state index contributed by atoms with van der Waals surface area (Å²) in [6, 6.07) is 11.2. The van der Waals surface area contributed by atoms with Crippen molar-refractivity contribution in [1.82, 2.24) is 4.90 Å². The Morgan fingerprint density at radius 1 is 1.14 bits per heavy atom. The lowest BCUT2D eigenvalue weighted by Gasteiger charge is -2.13. The highest BCUT2D eigenvalue weighted by Gasteiger charge is 2.28. The number of thioether (sulfide) groups is 1. The molecule has 1 aliphatic heterocycles. The van der Waals surface area contributed by atoms with Gasteiger partial charge in [0, 0.05) is 7.05 Å². The number of thiocarbonyl (C=S) groups is 1. The number of hydrogen-bond donors (Lipinski definition) is 0. The molecule has 0 aromatic heterocycles. The summed E-state index contributed by atoms with van der Waals surface area (Å²) in [5.41, 5.74) is 1.61. The van der Waals surface area contributed by atoms with Gasteiger partial charge in [-0.05, 0) is 49.8 Å². The highest BCUT2D eigenvalue weighted by atomic mass is 32.2. The Morgan fingerprint density at radius 3 is 2.41 bits per heavy atom. The van der Waals surface area contributed by atoms with Crippen LogP contribution in [0.5, 0.6) is 11.5 Å². The molecule has 1 saturated heterocycles. The lowest BCUT2D eigenvalue weighted by Crippen LogP contribution is -2.22. The summed E-state index contributed by atoms with van der Waals surface area (Å²) < 4.78 is 36.5. The molecule has 152 valence electrons. The zero-order valence-electron chi connectivity index (χ0n) is 16.0. The fraction of sp³-hybridized carbons (Fsp3) is 0.200. The van der Waals surface area contributed by atoms with Crippen LogP contribution in [0.3, 0.4) is 0 Å². The van der Waals surface area contributed by atoms with Crippen LogP contribution in [0.25, 0.3) is 6.08 Å². The third-order valence-electron chi connectivity index (χ3n) is 4.06. The van der Waals surface area contributed by atoms with Gasteiger partial charge in [0.25, 0.3) is 5.91 Å². The molecule has 1 aliphatic rings. The van der Waals surface area contributed by atoms with Gasteiger partial charge in [-0.15, -0.1) is 0 Å². The number of rotatable bonds is 6. The number of carbonyl (C=O) groups is 1. The molecule has 0 radical (unpaired) electrons. The molecule has 0 N–H and O–H groups in total. The van der Waals surface area contributed by atoms with E-state index in [-0.39, 0.29) is 22.3 Å². The monoisotopic (exact) mass is 449 g/mol. The number of ether oxygens (including phenoxy) is 1. The van der Waals surface area contributed by atoms with Gasteiger partial charge in [-0.3, -0.25) is 9.69 Å². The van der Waals surface area contributed by atoms with Crippen molar-refractivity contribution in [3.63, 3.8) is 0 Å². The fourth-order valence-electron chi connectivity index (χ4n) is 2.52. The zero-order chi connectivity index (χ0) is 21.2. The van der Waals surface area contributed by atoms with Crippen molar-refractivity contribution in [2.45, 2.75) is 18.7 Å². The summed E-state index contributed by atoms with van der Waals surface area (Å²) in [7, 11) is -2.38. The Labute approximate surface area is 179 Å². The first-order valence-electron chi connectivity index (χ1n) is 8.71. The number of carbonyl (C=O) groups excluding carboxylic acids is 1. The normalized spacial score (nSPS) is 15.8. The average Bonchev–Trinajstić information content (AvgIpc) is 2.91. The number of nitrogens with zero attached hydrogens (tertiary/aromatic N) is 1. The van der Waals surface area contributed by atoms with E-state index in [9.17, 15) is 13.2 Å². The predicted molar refractivity (Wildman–Crippen MR) is 118 cm³/mol. The largest absolute Gasteiger partial charge is 0.490 e. The van der Waals surface area contributed by atoms with Crippen molar-refractivity contribution < 1.29 is 22.1 Å². The molecule has 0 bridgehead atoms. The van der Waals surface area contributed by atoms with Gasteiger partial charge in [0.1, 0.15) is 9.22 Å². The highest BCUT2D eigenvalue weighted by molar-refractivity contribution is 8.26. The first kappa shape index (κ1) is 21.4. The second-order valence-electron chi connectivity index (χ2n) is 6.23. The molecular weight excluding hydrogens is 430 g/mol. The molecule has 3 rings (SSSR count). The Morgan fingerprint density at radius 2 is 1.83 bits per heavy atom. The van der Waals surface area contributed by atoms with E-state index in [1.807, 2.05) is 6.92 Å². The summed E-state index contributed by atoms with van der Waals surface area (Å²) in [6.07, 6.45) is 1.68. The van der Waals surface area contributed by atoms with Crippen molar-refractivity contribution in [1.29, 1.82) is 0 Å². The van der Waals surface area contributed by atoms with Gasteiger partial charge in [-0.25, -0.2) is 0 Å². The topological polar surface area (TPSA) is 72.9 Å². The minimum Gasteiger partial charge on any atom is -0.490 e. The van der Waals surface area contributed by atoms with Gasteiger partial charge in [0.05, 0.1) is 11.5 Å². The van der Waals surface area contributed by atoms with E-state index in [1.165, 1.54) is 34.9 Å². The Kier molecular flexibility index (Phi) is 6.30. The van der Waals surface area contributed by atoms with Crippen molar-refractivity contribution in [2.24, 2.45) is 0 Å². The van der Waals surface area contributed by atoms with E-state index in [4.69, 9.17) is 21.1 Å². The van der Waals surface area contributed by atoms with Crippen LogP contribution in [-0.2, 0) is 14.9 Å². The van der Waals surface area contributed by atoms with Gasteiger partial charge < -0.3 is 8.92 Å². The Hall–Kier alpha value is -2.36. The van der Waals surface area contributed by atoms with E-state index in [2.05, 4.69) is 0 Å². The summed E-state index contributed by atoms with van der Waals surface area (Å²) in [5, 5.41) is 0. The van der Waals surface area contributed by atoms with Crippen molar-refractivity contribution in [3.8, 4) is 11.5 Å². The van der Waals surface area contributed by atoms with Crippen LogP contribution in [0, 0.1) is 6.92 Å². The number of likely N-dealkylation sites (N-methyl/N-ethyl adjacent to an activating group) is 1. The summed E-state index contributed by atoms with van der Waals surface area (Å²) in [5.74, 6) is 0.164. The molecule has 2 aromatic rings. The van der Waals surface area contributed by atoms with Gasteiger partial charge in [0.15, 0.2) is 11.5 Å². The lowest BCUT2D eigenvalue weighted by atomic mass is 10.2. The van der Waals surface area contributed by atoms with Crippen LogP contribution in [0.2, 0.25) is 0 Å². The molecular formula is C20H19NO5S3. The number of hydrogen-bond acceptors (Lipinski definition) is 7. The molecule has 0 unspecified atom stereocenters. The van der Waals surface area contributed by atoms with E-state index in [0.717, 1.165) is 5.56 Å². The lowest BCUT2D eigenvalue weighted by molar-refractivity contribution is -0.121. The van der Waals surface area contributed by atoms with Gasteiger partial charge >= 0.3 is 10.1 Å². The maximum atomic E-state index is 12.6. The molecule has 29 heavy (non-hydrogen) atoms. The van der Waals surface area contributed by atoms with Crippen LogP contribution >= 0.6 is 24.0 Å². The molecule has 0 spiro atoms. The SMILES string of the molecule is CCOc1cc(/C=C2\SC(=S)N(C)C2=O)ccc1OS(=O)(=O)c1ccc(C)cc1. The molecule has 9 heteroatoms. The van der Waals surface area contributed by atoms with Crippen LogP contribution in [0.4, 0.5) is 0 Å². The minimum atomic E-state index is -4.01.